The average Bonchev–Trinajstić information content (AvgIpc) is 2.80. The topological polar surface area (TPSA) is 173 Å². The number of benzene rings is 1. The number of aromatic nitrogens is 1. The van der Waals surface area contributed by atoms with Crippen LogP contribution >= 0.6 is 12.4 Å². The van der Waals surface area contributed by atoms with Crippen LogP contribution in [0.15, 0.2) is 59.9 Å². The van der Waals surface area contributed by atoms with Gasteiger partial charge in [0, 0.05) is 24.7 Å². The molecule has 0 saturated carbocycles. The van der Waals surface area contributed by atoms with Gasteiger partial charge in [-0.2, -0.15) is 4.57 Å². The van der Waals surface area contributed by atoms with Gasteiger partial charge in [-0.15, -0.1) is 12.4 Å². The first kappa shape index (κ1) is 32.4. The average molecular weight is 543 g/mol. The number of hydrogen-bond acceptors (Lipinski definition) is 5. The highest BCUT2D eigenvalue weighted by Crippen LogP contribution is 2.04. The van der Waals surface area contributed by atoms with Crippen LogP contribution in [-0.2, 0) is 22.7 Å². The van der Waals surface area contributed by atoms with E-state index < -0.39 is 24.0 Å². The number of carbonyl (C=O) groups excluding carboxylic acids is 2. The maximum atomic E-state index is 12.4. The molecule has 36 heavy (non-hydrogen) atoms. The lowest BCUT2D eigenvalue weighted by Crippen LogP contribution is -3.00. The first-order valence-corrected chi connectivity index (χ1v) is 10.8. The van der Waals surface area contributed by atoms with Gasteiger partial charge in [0.2, 0.25) is 0 Å². The van der Waals surface area contributed by atoms with Crippen molar-refractivity contribution >= 4 is 36.3 Å². The second kappa shape index (κ2) is 17.0. The van der Waals surface area contributed by atoms with Crippen LogP contribution in [0.5, 0.6) is 0 Å². The van der Waals surface area contributed by atoms with Gasteiger partial charge in [0.05, 0.1) is 5.56 Å². The Bertz CT molecular complexity index is 988. The Labute approximate surface area is 222 Å². The van der Waals surface area contributed by atoms with Crippen molar-refractivity contribution < 1.29 is 41.2 Å². The standard InChI is InChI=1S/C23H30N6O5.2ClH/c1-16(14-17-6-3-2-4-7-17)27-23(33)34-15-29-12-9-18(10-13-29)20(30)28-19(21(31)32)8-5-11-26-22(24)25;;/h2-4,6-7,9-10,12-13,16,19H,5,8,11,14-15H2,1H3,(H6-,24,25,26,27,28,30,31,32,33);2*1H/t16-,19-;;/m0../s1. The second-order valence-electron chi connectivity index (χ2n) is 7.71. The van der Waals surface area contributed by atoms with Crippen molar-refractivity contribution in [1.82, 2.24) is 10.6 Å². The van der Waals surface area contributed by atoms with E-state index in [4.69, 9.17) is 16.2 Å². The fourth-order valence-corrected chi connectivity index (χ4v) is 3.09. The molecule has 2 atom stereocenters. The van der Waals surface area contributed by atoms with Crippen LogP contribution in [0.4, 0.5) is 4.79 Å². The SMILES string of the molecule is C[C@@H](Cc1ccccc1)NC(=O)OC[n+]1ccc(C(=O)N[C@@H](CCCN=C(N)N)C(=O)O)cc1.Cl.[Cl-]. The molecule has 0 bridgehead atoms. The Hall–Kier alpha value is -3.57. The van der Waals surface area contributed by atoms with E-state index in [2.05, 4.69) is 15.6 Å². The lowest BCUT2D eigenvalue weighted by atomic mass is 10.1. The molecule has 0 unspecified atom stereocenters. The van der Waals surface area contributed by atoms with Crippen molar-refractivity contribution in [3.63, 3.8) is 0 Å². The Balaban J connectivity index is 0.00000612. The largest absolute Gasteiger partial charge is 1.00 e. The highest BCUT2D eigenvalue weighted by molar-refractivity contribution is 5.96. The maximum absolute atomic E-state index is 12.4. The van der Waals surface area contributed by atoms with Gasteiger partial charge >= 0.3 is 12.1 Å². The Morgan fingerprint density at radius 2 is 1.72 bits per heavy atom. The number of aliphatic carboxylic acids is 1. The number of guanidine groups is 1. The van der Waals surface area contributed by atoms with Crippen molar-refractivity contribution in [2.75, 3.05) is 6.54 Å². The zero-order valence-corrected chi connectivity index (χ0v) is 21.4. The van der Waals surface area contributed by atoms with Crippen molar-refractivity contribution in [2.45, 2.75) is 45.0 Å². The van der Waals surface area contributed by atoms with Gasteiger partial charge in [0.15, 0.2) is 18.4 Å². The van der Waals surface area contributed by atoms with Gasteiger partial charge in [-0.1, -0.05) is 30.3 Å². The molecule has 0 radical (unpaired) electrons. The van der Waals surface area contributed by atoms with Crippen LogP contribution < -0.4 is 39.1 Å². The number of rotatable bonds is 12. The second-order valence-corrected chi connectivity index (χ2v) is 7.71. The minimum absolute atomic E-state index is 0. The highest BCUT2D eigenvalue weighted by atomic mass is 35.5. The van der Waals surface area contributed by atoms with E-state index in [1.165, 1.54) is 12.1 Å². The third-order valence-corrected chi connectivity index (χ3v) is 4.80. The number of carboxylic acid groups (broad SMARTS) is 1. The Morgan fingerprint density at radius 3 is 2.31 bits per heavy atom. The molecule has 2 aromatic rings. The molecule has 1 heterocycles. The highest BCUT2D eigenvalue weighted by Gasteiger charge is 2.21. The molecule has 0 saturated heterocycles. The predicted molar refractivity (Wildman–Crippen MR) is 132 cm³/mol. The van der Waals surface area contributed by atoms with E-state index in [0.717, 1.165) is 5.56 Å². The molecule has 0 aliphatic carbocycles. The molecule has 1 aromatic carbocycles. The van der Waals surface area contributed by atoms with E-state index in [1.54, 1.807) is 17.0 Å². The number of nitrogens with two attached hydrogens (primary N) is 2. The number of ether oxygens (including phenoxy) is 1. The molecule has 198 valence electrons. The molecule has 2 amide bonds. The number of carboxylic acids is 1. The third kappa shape index (κ3) is 12.2. The molecule has 13 heteroatoms. The normalized spacial score (nSPS) is 11.5. The summed E-state index contributed by atoms with van der Waals surface area (Å²) in [5.74, 6) is -1.75. The number of nitrogens with zero attached hydrogens (tertiary/aromatic N) is 2. The van der Waals surface area contributed by atoms with E-state index >= 15 is 0 Å². The maximum Gasteiger partial charge on any atom is 0.412 e. The lowest BCUT2D eigenvalue weighted by molar-refractivity contribution is -0.727. The molecule has 0 spiro atoms. The summed E-state index contributed by atoms with van der Waals surface area (Å²) in [7, 11) is 0. The minimum Gasteiger partial charge on any atom is -1.00 e. The molecule has 0 aliphatic rings. The number of amides is 2. The number of alkyl carbamates (subject to hydrolysis) is 1. The zero-order valence-electron chi connectivity index (χ0n) is 19.8. The third-order valence-electron chi connectivity index (χ3n) is 4.80. The van der Waals surface area contributed by atoms with Gasteiger partial charge < -0.3 is 44.4 Å². The summed E-state index contributed by atoms with van der Waals surface area (Å²) in [4.78, 5) is 39.6. The smallest absolute Gasteiger partial charge is 0.412 e. The van der Waals surface area contributed by atoms with Crippen LogP contribution in [0.1, 0.15) is 35.7 Å². The number of halogens is 2. The van der Waals surface area contributed by atoms with E-state index in [0.29, 0.717) is 12.8 Å². The van der Waals surface area contributed by atoms with Crippen molar-refractivity contribution in [2.24, 2.45) is 16.5 Å². The van der Waals surface area contributed by atoms with E-state index in [9.17, 15) is 19.5 Å². The summed E-state index contributed by atoms with van der Waals surface area (Å²) >= 11 is 0. The molecular weight excluding hydrogens is 511 g/mol. The monoisotopic (exact) mass is 542 g/mol. The first-order chi connectivity index (χ1) is 16.2. The number of pyridine rings is 1. The summed E-state index contributed by atoms with van der Waals surface area (Å²) < 4.78 is 6.78. The van der Waals surface area contributed by atoms with Gasteiger partial charge in [-0.3, -0.25) is 9.79 Å². The van der Waals surface area contributed by atoms with Crippen LogP contribution in [0.25, 0.3) is 0 Å². The summed E-state index contributed by atoms with van der Waals surface area (Å²) in [6.07, 6.45) is 3.82. The fraction of sp³-hybridized carbons (Fsp3) is 0.348. The number of aliphatic imine (C=N–C) groups is 1. The zero-order chi connectivity index (χ0) is 24.9. The Morgan fingerprint density at radius 1 is 1.08 bits per heavy atom. The summed E-state index contributed by atoms with van der Waals surface area (Å²) in [5, 5.41) is 14.6. The van der Waals surface area contributed by atoms with Crippen molar-refractivity contribution in [1.29, 1.82) is 0 Å². The van der Waals surface area contributed by atoms with Gasteiger partial charge in [0.25, 0.3) is 12.6 Å². The molecule has 1 aromatic heterocycles. The van der Waals surface area contributed by atoms with Gasteiger partial charge in [-0.05, 0) is 31.7 Å². The van der Waals surface area contributed by atoms with Crippen LogP contribution in [0.3, 0.4) is 0 Å². The molecule has 2 rings (SSSR count). The van der Waals surface area contributed by atoms with Crippen molar-refractivity contribution in [3.8, 4) is 0 Å². The molecule has 0 fully saturated rings. The van der Waals surface area contributed by atoms with Crippen molar-refractivity contribution in [3.05, 3.63) is 66.0 Å². The van der Waals surface area contributed by atoms with Gasteiger partial charge in [0.1, 0.15) is 6.04 Å². The number of hydrogen-bond donors (Lipinski definition) is 5. The summed E-state index contributed by atoms with van der Waals surface area (Å²) in [5.41, 5.74) is 11.8. The summed E-state index contributed by atoms with van der Waals surface area (Å²) in [6, 6.07) is 11.6. The Kier molecular flexibility index (Phi) is 15.3. The van der Waals surface area contributed by atoms with Crippen LogP contribution in [0, 0.1) is 0 Å². The fourth-order valence-electron chi connectivity index (χ4n) is 3.09. The van der Waals surface area contributed by atoms with Crippen LogP contribution in [0.2, 0.25) is 0 Å². The predicted octanol–water partition coefficient (Wildman–Crippen LogP) is -2.05. The quantitative estimate of drug-likeness (QED) is 0.0887. The first-order valence-electron chi connectivity index (χ1n) is 10.8. The van der Waals surface area contributed by atoms with E-state index in [-0.39, 0.29) is 62.1 Å². The molecule has 0 aliphatic heterocycles. The number of carbonyl (C=O) groups is 3. The molecule has 7 N–H and O–H groups in total. The summed E-state index contributed by atoms with van der Waals surface area (Å²) in [6.45, 7) is 2.11. The number of nitrogens with one attached hydrogen (secondary N) is 2. The van der Waals surface area contributed by atoms with Gasteiger partial charge in [-0.25, -0.2) is 9.59 Å². The molecular formula is C23H32Cl2N6O5. The van der Waals surface area contributed by atoms with Crippen LogP contribution in [-0.4, -0.2) is 47.7 Å². The molecule has 11 nitrogen and oxygen atoms in total. The lowest BCUT2D eigenvalue weighted by Gasteiger charge is -2.14. The minimum atomic E-state index is -1.15. The van der Waals surface area contributed by atoms with E-state index in [1.807, 2.05) is 37.3 Å².